The summed E-state index contributed by atoms with van der Waals surface area (Å²) in [5.74, 6) is 0.589. The van der Waals surface area contributed by atoms with E-state index in [-0.39, 0.29) is 17.7 Å². The highest BCUT2D eigenvalue weighted by Gasteiger charge is 2.35. The van der Waals surface area contributed by atoms with Gasteiger partial charge in [-0.15, -0.1) is 0 Å². The van der Waals surface area contributed by atoms with E-state index in [0.717, 1.165) is 16.6 Å². The van der Waals surface area contributed by atoms with E-state index in [9.17, 15) is 4.79 Å². The summed E-state index contributed by atoms with van der Waals surface area (Å²) >= 11 is 0. The van der Waals surface area contributed by atoms with E-state index in [1.807, 2.05) is 24.3 Å². The van der Waals surface area contributed by atoms with Crippen molar-refractivity contribution in [3.63, 3.8) is 0 Å². The Hall–Kier alpha value is -3.74. The molecule has 0 unspecified atom stereocenters. The van der Waals surface area contributed by atoms with Crippen molar-refractivity contribution < 1.29 is 13.6 Å². The fourth-order valence-corrected chi connectivity index (χ4v) is 3.25. The molecule has 4 aromatic rings. The highest BCUT2D eigenvalue weighted by atomic mass is 16.3. The predicted octanol–water partition coefficient (Wildman–Crippen LogP) is 3.81. The zero-order chi connectivity index (χ0) is 18.2. The summed E-state index contributed by atoms with van der Waals surface area (Å²) in [5, 5.41) is 5.99. The first-order chi connectivity index (χ1) is 13.3. The Morgan fingerprint density at radius 3 is 2.59 bits per heavy atom. The van der Waals surface area contributed by atoms with Crippen molar-refractivity contribution in [2.24, 2.45) is 5.10 Å². The average Bonchev–Trinajstić information content (AvgIpc) is 3.48. The molecular formula is C20H14N4O3. The van der Waals surface area contributed by atoms with Crippen molar-refractivity contribution in [1.29, 1.82) is 0 Å². The summed E-state index contributed by atoms with van der Waals surface area (Å²) in [6, 6.07) is 12.5. The molecule has 1 atom stereocenters. The molecule has 27 heavy (non-hydrogen) atoms. The Morgan fingerprint density at radius 2 is 1.81 bits per heavy atom. The van der Waals surface area contributed by atoms with Gasteiger partial charge in [0.1, 0.15) is 11.5 Å². The number of hydrogen-bond donors (Lipinski definition) is 0. The largest absolute Gasteiger partial charge is 0.463 e. The van der Waals surface area contributed by atoms with Gasteiger partial charge in [-0.25, -0.2) is 5.01 Å². The number of carbonyl (C=O) groups is 1. The van der Waals surface area contributed by atoms with Gasteiger partial charge in [0, 0.05) is 18.8 Å². The monoisotopic (exact) mass is 358 g/mol. The Kier molecular flexibility index (Phi) is 3.57. The van der Waals surface area contributed by atoms with E-state index in [4.69, 9.17) is 8.83 Å². The molecule has 1 aliphatic heterocycles. The van der Waals surface area contributed by atoms with Crippen molar-refractivity contribution in [2.45, 2.75) is 12.5 Å². The van der Waals surface area contributed by atoms with Crippen molar-refractivity contribution in [1.82, 2.24) is 15.0 Å². The molecular weight excluding hydrogens is 344 g/mol. The van der Waals surface area contributed by atoms with Gasteiger partial charge in [0.15, 0.2) is 5.76 Å². The van der Waals surface area contributed by atoms with E-state index in [0.29, 0.717) is 17.9 Å². The lowest BCUT2D eigenvalue weighted by atomic mass is 10.00. The topological polar surface area (TPSA) is 84.7 Å². The van der Waals surface area contributed by atoms with Crippen LogP contribution in [0.15, 0.2) is 81.3 Å². The minimum atomic E-state index is -0.300. The highest BCUT2D eigenvalue weighted by molar-refractivity contribution is 6.02. The molecule has 4 heterocycles. The molecule has 0 bridgehead atoms. The quantitative estimate of drug-likeness (QED) is 0.556. The Balaban J connectivity index is 1.57. The lowest BCUT2D eigenvalue weighted by Crippen LogP contribution is -2.26. The average molecular weight is 358 g/mol. The van der Waals surface area contributed by atoms with Gasteiger partial charge in [0.2, 0.25) is 0 Å². The van der Waals surface area contributed by atoms with Crippen LogP contribution in [0.2, 0.25) is 0 Å². The molecule has 132 valence electrons. The predicted molar refractivity (Wildman–Crippen MR) is 97.0 cm³/mol. The summed E-state index contributed by atoms with van der Waals surface area (Å²) in [5.41, 5.74) is 3.21. The zero-order valence-corrected chi connectivity index (χ0v) is 14.1. The SMILES string of the molecule is O=C(c1ccco1)N1N=C(c2ccco2)C[C@@H]1c1ccc2nccnc2c1. The van der Waals surface area contributed by atoms with Crippen LogP contribution < -0.4 is 0 Å². The number of carbonyl (C=O) groups excluding carboxylic acids is 1. The Labute approximate surface area is 153 Å². The summed E-state index contributed by atoms with van der Waals surface area (Å²) < 4.78 is 10.8. The molecule has 1 amide bonds. The number of benzene rings is 1. The van der Waals surface area contributed by atoms with Gasteiger partial charge < -0.3 is 8.83 Å². The first-order valence-corrected chi connectivity index (χ1v) is 8.49. The van der Waals surface area contributed by atoms with Crippen LogP contribution in [-0.4, -0.2) is 26.6 Å². The third-order valence-electron chi connectivity index (χ3n) is 4.53. The number of nitrogens with zero attached hydrogens (tertiary/aromatic N) is 4. The van der Waals surface area contributed by atoms with Crippen LogP contribution >= 0.6 is 0 Å². The molecule has 0 saturated carbocycles. The van der Waals surface area contributed by atoms with Gasteiger partial charge in [0.05, 0.1) is 29.6 Å². The second-order valence-corrected chi connectivity index (χ2v) is 6.18. The maximum atomic E-state index is 12.9. The third-order valence-corrected chi connectivity index (χ3v) is 4.53. The highest BCUT2D eigenvalue weighted by Crippen LogP contribution is 2.35. The maximum Gasteiger partial charge on any atom is 0.310 e. The van der Waals surface area contributed by atoms with Gasteiger partial charge in [-0.3, -0.25) is 14.8 Å². The summed E-state index contributed by atoms with van der Waals surface area (Å²) in [7, 11) is 0. The van der Waals surface area contributed by atoms with Gasteiger partial charge in [0.25, 0.3) is 0 Å². The molecule has 7 heteroatoms. The number of hydrazone groups is 1. The first-order valence-electron chi connectivity index (χ1n) is 8.49. The molecule has 0 saturated heterocycles. The Morgan fingerprint density at radius 1 is 1.00 bits per heavy atom. The van der Waals surface area contributed by atoms with Crippen LogP contribution in [0.5, 0.6) is 0 Å². The van der Waals surface area contributed by atoms with Crippen LogP contribution in [0.3, 0.4) is 0 Å². The third kappa shape index (κ3) is 2.69. The standard InChI is InChI=1S/C20H14N4O3/c25-20(19-4-2-10-27-19)24-17(12-16(23-24)18-3-1-9-26-18)13-5-6-14-15(11-13)22-8-7-21-14/h1-11,17H,12H2/t17-/m1/s1. The van der Waals surface area contributed by atoms with E-state index in [1.165, 1.54) is 11.3 Å². The van der Waals surface area contributed by atoms with Crippen LogP contribution in [0.25, 0.3) is 11.0 Å². The van der Waals surface area contributed by atoms with Gasteiger partial charge in [-0.2, -0.15) is 5.10 Å². The fraction of sp³-hybridized carbons (Fsp3) is 0.100. The molecule has 0 N–H and O–H groups in total. The van der Waals surface area contributed by atoms with Crippen LogP contribution in [0, 0.1) is 0 Å². The van der Waals surface area contributed by atoms with Crippen molar-refractivity contribution in [3.8, 4) is 0 Å². The first kappa shape index (κ1) is 15.5. The van der Waals surface area contributed by atoms with Crippen LogP contribution in [0.1, 0.15) is 34.3 Å². The minimum Gasteiger partial charge on any atom is -0.463 e. The fourth-order valence-electron chi connectivity index (χ4n) is 3.25. The second kappa shape index (κ2) is 6.21. The second-order valence-electron chi connectivity index (χ2n) is 6.18. The van der Waals surface area contributed by atoms with Gasteiger partial charge in [-0.05, 0) is 42.0 Å². The normalized spacial score (nSPS) is 16.7. The molecule has 0 fully saturated rings. The summed E-state index contributed by atoms with van der Waals surface area (Å²) in [4.78, 5) is 21.6. The van der Waals surface area contributed by atoms with Gasteiger partial charge in [-0.1, -0.05) is 6.07 Å². The molecule has 0 spiro atoms. The van der Waals surface area contributed by atoms with Gasteiger partial charge >= 0.3 is 5.91 Å². The molecule has 5 rings (SSSR count). The van der Waals surface area contributed by atoms with E-state index < -0.39 is 0 Å². The number of furan rings is 2. The summed E-state index contributed by atoms with van der Waals surface area (Å²) in [6.07, 6.45) is 6.90. The zero-order valence-electron chi connectivity index (χ0n) is 14.1. The smallest absolute Gasteiger partial charge is 0.310 e. The van der Waals surface area contributed by atoms with Crippen molar-refractivity contribution in [3.05, 3.63) is 84.5 Å². The summed E-state index contributed by atoms with van der Waals surface area (Å²) in [6.45, 7) is 0. The minimum absolute atomic E-state index is 0.241. The number of aromatic nitrogens is 2. The number of hydrogen-bond acceptors (Lipinski definition) is 6. The molecule has 1 aliphatic rings. The van der Waals surface area contributed by atoms with E-state index in [2.05, 4.69) is 15.1 Å². The van der Waals surface area contributed by atoms with Crippen LogP contribution in [0.4, 0.5) is 0 Å². The molecule has 0 radical (unpaired) electrons. The maximum absolute atomic E-state index is 12.9. The number of amides is 1. The van der Waals surface area contributed by atoms with E-state index >= 15 is 0 Å². The number of rotatable bonds is 3. The van der Waals surface area contributed by atoms with Crippen molar-refractivity contribution in [2.75, 3.05) is 0 Å². The molecule has 0 aliphatic carbocycles. The van der Waals surface area contributed by atoms with E-state index in [1.54, 1.807) is 36.9 Å². The molecule has 1 aromatic carbocycles. The Bertz CT molecular complexity index is 1130. The lowest BCUT2D eigenvalue weighted by molar-refractivity contribution is 0.0678. The number of fused-ring (bicyclic) bond motifs is 1. The lowest BCUT2D eigenvalue weighted by Gasteiger charge is -2.21. The van der Waals surface area contributed by atoms with Crippen LogP contribution in [-0.2, 0) is 0 Å². The molecule has 7 nitrogen and oxygen atoms in total. The molecule has 3 aromatic heterocycles. The van der Waals surface area contributed by atoms with Crippen molar-refractivity contribution >= 4 is 22.7 Å².